The molecule has 0 heterocycles. The third-order valence-electron chi connectivity index (χ3n) is 8.48. The fraction of sp³-hybridized carbons (Fsp3) is 0.810. The first kappa shape index (κ1) is 44.0. The predicted molar refractivity (Wildman–Crippen MR) is 198 cm³/mol. The Morgan fingerprint density at radius 1 is 0.457 bits per heavy atom. The lowest BCUT2D eigenvalue weighted by Crippen LogP contribution is -2.05. The van der Waals surface area contributed by atoms with E-state index in [-0.39, 0.29) is 11.9 Å². The van der Waals surface area contributed by atoms with Crippen LogP contribution >= 0.6 is 0 Å². The second kappa shape index (κ2) is 39.2. The molecule has 0 bridgehead atoms. The Labute approximate surface area is 286 Å². The molecule has 0 aromatic heterocycles. The molecule has 0 aliphatic carbocycles. The maximum atomic E-state index is 11.9. The summed E-state index contributed by atoms with van der Waals surface area (Å²) in [6, 6.07) is 0. The molecule has 0 aliphatic heterocycles. The largest absolute Gasteiger partial charge is 0.466 e. The number of unbranched alkanes of at least 4 members (excludes halogenated alkanes) is 24. The number of carbonyl (C=O) groups excluding carboxylic acids is 2. The van der Waals surface area contributed by atoms with Crippen LogP contribution in [0.25, 0.3) is 0 Å². The van der Waals surface area contributed by atoms with E-state index in [0.717, 1.165) is 38.5 Å². The predicted octanol–water partition coefficient (Wildman–Crippen LogP) is 13.3. The van der Waals surface area contributed by atoms with Gasteiger partial charge in [0.05, 0.1) is 6.61 Å². The topological polar surface area (TPSA) is 52.6 Å². The molecule has 0 amide bonds. The number of hydrogen-bond donors (Lipinski definition) is 0. The van der Waals surface area contributed by atoms with Gasteiger partial charge in [-0.2, -0.15) is 0 Å². The normalized spacial score (nSPS) is 11.3. The van der Waals surface area contributed by atoms with E-state index in [4.69, 9.17) is 9.47 Å². The Kier molecular flexibility index (Phi) is 37.4. The van der Waals surface area contributed by atoms with Crippen LogP contribution in [0.5, 0.6) is 0 Å². The molecule has 46 heavy (non-hydrogen) atoms. The van der Waals surface area contributed by atoms with Crippen molar-refractivity contribution in [3.63, 3.8) is 0 Å². The minimum Gasteiger partial charge on any atom is -0.466 e. The maximum Gasteiger partial charge on any atom is 0.319 e. The van der Waals surface area contributed by atoms with E-state index in [1.165, 1.54) is 141 Å². The summed E-state index contributed by atoms with van der Waals surface area (Å²) in [5.74, 6) is 2.58. The van der Waals surface area contributed by atoms with E-state index >= 15 is 0 Å². The molecule has 0 rings (SSSR count). The second-order valence-electron chi connectivity index (χ2n) is 13.1. The highest BCUT2D eigenvalue weighted by Crippen LogP contribution is 2.12. The molecule has 266 valence electrons. The second-order valence-corrected chi connectivity index (χ2v) is 13.1. The van der Waals surface area contributed by atoms with Crippen LogP contribution in [0.4, 0.5) is 0 Å². The fourth-order valence-corrected chi connectivity index (χ4v) is 5.45. The zero-order chi connectivity index (χ0) is 33.4. The first-order chi connectivity index (χ1) is 22.7. The first-order valence-electron chi connectivity index (χ1n) is 19.8. The highest BCUT2D eigenvalue weighted by Gasteiger charge is 2.03. The Balaban J connectivity index is 3.39. The standard InChI is InChI=1S/C42H74O4/c1-3-5-7-9-11-13-15-17-19-21-23-25-27-29-33-37-41(43)45-39-35-31-32-36-40-46-42(44)38-34-30-28-26-24-22-20-18-16-14-12-10-8-6-4-2/h17-20H,3-16,21-35,37-39H2,1-2H3/b19-17-,20-18-. The van der Waals surface area contributed by atoms with E-state index in [1.807, 2.05) is 0 Å². The number of hydrogen-bond acceptors (Lipinski definition) is 4. The molecule has 0 aromatic rings. The van der Waals surface area contributed by atoms with Crippen molar-refractivity contribution >= 4 is 11.9 Å². The van der Waals surface area contributed by atoms with Gasteiger partial charge in [0.25, 0.3) is 0 Å². The van der Waals surface area contributed by atoms with Gasteiger partial charge in [-0.3, -0.25) is 9.59 Å². The van der Waals surface area contributed by atoms with Crippen LogP contribution < -0.4 is 0 Å². The molecule has 4 nitrogen and oxygen atoms in total. The average molecular weight is 643 g/mol. The Hall–Kier alpha value is -2.02. The number of carbonyl (C=O) groups is 2. The van der Waals surface area contributed by atoms with Crippen molar-refractivity contribution in [2.45, 2.75) is 213 Å². The number of ether oxygens (including phenoxy) is 2. The third kappa shape index (κ3) is 38.2. The molecule has 0 aliphatic rings. The van der Waals surface area contributed by atoms with E-state index in [0.29, 0.717) is 25.9 Å². The van der Waals surface area contributed by atoms with Crippen molar-refractivity contribution in [2.75, 3.05) is 6.61 Å². The minimum atomic E-state index is -0.227. The van der Waals surface area contributed by atoms with Crippen molar-refractivity contribution in [1.29, 1.82) is 0 Å². The van der Waals surface area contributed by atoms with E-state index in [2.05, 4.69) is 50.2 Å². The smallest absolute Gasteiger partial charge is 0.319 e. The fourth-order valence-electron chi connectivity index (χ4n) is 5.45. The summed E-state index contributed by atoms with van der Waals surface area (Å²) in [4.78, 5) is 23.8. The molecule has 0 spiro atoms. The Morgan fingerprint density at radius 2 is 0.848 bits per heavy atom. The molecule has 0 fully saturated rings. The first-order valence-corrected chi connectivity index (χ1v) is 19.8. The van der Waals surface area contributed by atoms with Crippen LogP contribution in [-0.4, -0.2) is 18.5 Å². The molecular weight excluding hydrogens is 568 g/mol. The summed E-state index contributed by atoms with van der Waals surface area (Å²) < 4.78 is 10.4. The number of rotatable bonds is 34. The van der Waals surface area contributed by atoms with Crippen LogP contribution in [0.15, 0.2) is 24.3 Å². The van der Waals surface area contributed by atoms with Gasteiger partial charge in [-0.25, -0.2) is 0 Å². The lowest BCUT2D eigenvalue weighted by atomic mass is 10.1. The summed E-state index contributed by atoms with van der Waals surface area (Å²) in [5.41, 5.74) is 0. The Morgan fingerprint density at radius 3 is 1.30 bits per heavy atom. The average Bonchev–Trinajstić information content (AvgIpc) is 3.05. The summed E-state index contributed by atoms with van der Waals surface area (Å²) in [7, 11) is 0. The summed E-state index contributed by atoms with van der Waals surface area (Å²) in [6.45, 7) is 4.98. The molecule has 4 heteroatoms. The van der Waals surface area contributed by atoms with E-state index in [9.17, 15) is 9.59 Å². The van der Waals surface area contributed by atoms with E-state index in [1.54, 1.807) is 0 Å². The molecule has 0 aromatic carbocycles. The van der Waals surface area contributed by atoms with Crippen LogP contribution in [0.1, 0.15) is 213 Å². The van der Waals surface area contributed by atoms with Crippen molar-refractivity contribution < 1.29 is 19.1 Å². The van der Waals surface area contributed by atoms with Gasteiger partial charge in [-0.15, -0.1) is 0 Å². The van der Waals surface area contributed by atoms with Gasteiger partial charge in [-0.1, -0.05) is 147 Å². The van der Waals surface area contributed by atoms with Crippen molar-refractivity contribution in [1.82, 2.24) is 0 Å². The minimum absolute atomic E-state index is 0.0896. The summed E-state index contributed by atoms with van der Waals surface area (Å²) in [6.07, 6.45) is 47.6. The van der Waals surface area contributed by atoms with Crippen LogP contribution in [0.3, 0.4) is 0 Å². The highest BCUT2D eigenvalue weighted by molar-refractivity contribution is 5.70. The van der Waals surface area contributed by atoms with Gasteiger partial charge in [0.2, 0.25) is 0 Å². The van der Waals surface area contributed by atoms with Gasteiger partial charge in [0, 0.05) is 19.3 Å². The van der Waals surface area contributed by atoms with E-state index < -0.39 is 0 Å². The molecule has 0 unspecified atom stereocenters. The van der Waals surface area contributed by atoms with Crippen molar-refractivity contribution in [3.8, 4) is 12.0 Å². The van der Waals surface area contributed by atoms with Crippen molar-refractivity contribution in [3.05, 3.63) is 24.3 Å². The Bertz CT molecular complexity index is 772. The van der Waals surface area contributed by atoms with Crippen LogP contribution in [0, 0.1) is 12.0 Å². The van der Waals surface area contributed by atoms with Gasteiger partial charge >= 0.3 is 11.9 Å². The van der Waals surface area contributed by atoms with Gasteiger partial charge < -0.3 is 9.47 Å². The monoisotopic (exact) mass is 643 g/mol. The SMILES string of the molecule is CCCCCCCC/C=C\CCCCCCCC(=O)OC#CCCCCOC(=O)CCCCCCC/C=C\CCCCCCCC. The zero-order valence-electron chi connectivity index (χ0n) is 30.6. The van der Waals surface area contributed by atoms with Crippen LogP contribution in [0.2, 0.25) is 0 Å². The van der Waals surface area contributed by atoms with Gasteiger partial charge in [-0.05, 0) is 77.0 Å². The summed E-state index contributed by atoms with van der Waals surface area (Å²) >= 11 is 0. The quantitative estimate of drug-likeness (QED) is 0.0303. The van der Waals surface area contributed by atoms with Crippen LogP contribution in [-0.2, 0) is 19.1 Å². The highest BCUT2D eigenvalue weighted by atomic mass is 16.5. The number of allylic oxidation sites excluding steroid dienone is 4. The van der Waals surface area contributed by atoms with Crippen molar-refractivity contribution in [2.24, 2.45) is 0 Å². The van der Waals surface area contributed by atoms with Gasteiger partial charge in [0.1, 0.15) is 6.11 Å². The summed E-state index contributed by atoms with van der Waals surface area (Å²) in [5, 5.41) is 0. The zero-order valence-corrected chi connectivity index (χ0v) is 30.6. The molecule has 0 radical (unpaired) electrons. The lowest BCUT2D eigenvalue weighted by molar-refractivity contribution is -0.144. The maximum absolute atomic E-state index is 11.9. The molecule has 0 atom stereocenters. The van der Waals surface area contributed by atoms with Gasteiger partial charge in [0.15, 0.2) is 0 Å². The molecule has 0 N–H and O–H groups in total. The molecular formula is C42H74O4. The third-order valence-corrected chi connectivity index (χ3v) is 8.48. The molecule has 0 saturated carbocycles. The molecule has 0 saturated heterocycles. The lowest BCUT2D eigenvalue weighted by Gasteiger charge is -2.04. The number of esters is 2.